The van der Waals surface area contributed by atoms with E-state index in [1.165, 1.54) is 4.68 Å². The van der Waals surface area contributed by atoms with Gasteiger partial charge in [0, 0.05) is 5.75 Å². The number of halogens is 1. The van der Waals surface area contributed by atoms with Crippen LogP contribution >= 0.6 is 11.6 Å². The van der Waals surface area contributed by atoms with Gasteiger partial charge in [-0.05, 0) is 6.42 Å². The van der Waals surface area contributed by atoms with Crippen LogP contribution in [0.25, 0.3) is 0 Å². The Morgan fingerprint density at radius 2 is 2.06 bits per heavy atom. The van der Waals surface area contributed by atoms with E-state index in [2.05, 4.69) is 5.10 Å². The van der Waals surface area contributed by atoms with Crippen LogP contribution in [0.5, 0.6) is 0 Å². The van der Waals surface area contributed by atoms with Gasteiger partial charge in [-0.2, -0.15) is 5.10 Å². The number of hydrogen-bond acceptors (Lipinski definition) is 4. The van der Waals surface area contributed by atoms with Crippen molar-refractivity contribution in [3.8, 4) is 0 Å². The molecule has 6 nitrogen and oxygen atoms in total. The van der Waals surface area contributed by atoms with Gasteiger partial charge in [0.2, 0.25) is 0 Å². The number of carbonyl (C=O) groups is 1. The fourth-order valence-electron chi connectivity index (χ4n) is 1.46. The Morgan fingerprint density at radius 1 is 1.44 bits per heavy atom. The summed E-state index contributed by atoms with van der Waals surface area (Å²) in [6.07, 6.45) is 0.425. The van der Waals surface area contributed by atoms with E-state index >= 15 is 0 Å². The summed E-state index contributed by atoms with van der Waals surface area (Å²) in [4.78, 5) is 11.0. The highest BCUT2D eigenvalue weighted by Gasteiger charge is 2.21. The second kappa shape index (κ2) is 5.71. The quantitative estimate of drug-likeness (QED) is 0.852. The van der Waals surface area contributed by atoms with Crippen molar-refractivity contribution in [3.05, 3.63) is 16.4 Å². The minimum absolute atomic E-state index is 0.0225. The topological polar surface area (TPSA) is 89.3 Å². The van der Waals surface area contributed by atoms with Crippen molar-refractivity contribution in [2.45, 2.75) is 26.8 Å². The van der Waals surface area contributed by atoms with E-state index in [4.69, 9.17) is 16.7 Å². The molecule has 0 aromatic carbocycles. The van der Waals surface area contributed by atoms with Gasteiger partial charge < -0.3 is 5.11 Å². The molecule has 1 aromatic rings. The molecule has 18 heavy (non-hydrogen) atoms. The third kappa shape index (κ3) is 3.23. The third-order valence-corrected chi connectivity index (χ3v) is 4.63. The number of aromatic carboxylic acids is 1. The average Bonchev–Trinajstić information content (AvgIpc) is 2.63. The van der Waals surface area contributed by atoms with E-state index in [1.54, 1.807) is 13.8 Å². The molecule has 0 aliphatic rings. The normalized spacial score (nSPS) is 11.7. The molecular weight excluding hydrogens is 280 g/mol. The average molecular weight is 295 g/mol. The number of hydrogen-bond donors (Lipinski definition) is 1. The van der Waals surface area contributed by atoms with E-state index < -0.39 is 15.8 Å². The minimum atomic E-state index is -3.13. The summed E-state index contributed by atoms with van der Waals surface area (Å²) in [7, 11) is -3.13. The summed E-state index contributed by atoms with van der Waals surface area (Å²) in [5.74, 6) is -1.22. The van der Waals surface area contributed by atoms with Crippen LogP contribution in [0.15, 0.2) is 0 Å². The number of aryl methyl sites for hydroxylation is 2. The zero-order valence-corrected chi connectivity index (χ0v) is 11.8. The van der Waals surface area contributed by atoms with Crippen molar-refractivity contribution in [1.29, 1.82) is 0 Å². The van der Waals surface area contributed by atoms with Crippen LogP contribution in [0.2, 0.25) is 5.15 Å². The largest absolute Gasteiger partial charge is 0.478 e. The first-order valence-corrected chi connectivity index (χ1v) is 7.71. The van der Waals surface area contributed by atoms with Crippen molar-refractivity contribution in [2.24, 2.45) is 0 Å². The van der Waals surface area contributed by atoms with Gasteiger partial charge in [0.25, 0.3) is 0 Å². The molecule has 0 saturated heterocycles. The van der Waals surface area contributed by atoms with Crippen molar-refractivity contribution < 1.29 is 18.3 Å². The van der Waals surface area contributed by atoms with Gasteiger partial charge in [-0.1, -0.05) is 25.4 Å². The lowest BCUT2D eigenvalue weighted by Crippen LogP contribution is -2.15. The van der Waals surface area contributed by atoms with E-state index in [-0.39, 0.29) is 28.8 Å². The Hall–Kier alpha value is -1.08. The van der Waals surface area contributed by atoms with Crippen LogP contribution in [-0.4, -0.2) is 40.8 Å². The highest BCUT2D eigenvalue weighted by molar-refractivity contribution is 7.91. The molecule has 0 atom stereocenters. The van der Waals surface area contributed by atoms with Gasteiger partial charge in [-0.3, -0.25) is 4.68 Å². The molecule has 0 unspecified atom stereocenters. The van der Waals surface area contributed by atoms with Gasteiger partial charge in [0.05, 0.1) is 18.0 Å². The van der Waals surface area contributed by atoms with E-state index in [0.717, 1.165) is 0 Å². The lowest BCUT2D eigenvalue weighted by atomic mass is 10.2. The Kier molecular flexibility index (Phi) is 4.75. The first-order chi connectivity index (χ1) is 8.32. The number of sulfone groups is 1. The number of carboxylic acids is 1. The first-order valence-electron chi connectivity index (χ1n) is 5.51. The zero-order chi connectivity index (χ0) is 13.9. The Labute approximate surface area is 110 Å². The van der Waals surface area contributed by atoms with Crippen molar-refractivity contribution in [1.82, 2.24) is 9.78 Å². The minimum Gasteiger partial charge on any atom is -0.478 e. The molecule has 0 aliphatic heterocycles. The predicted octanol–water partition coefficient (Wildman–Crippen LogP) is 1.23. The Morgan fingerprint density at radius 3 is 2.44 bits per heavy atom. The highest BCUT2D eigenvalue weighted by atomic mass is 35.5. The third-order valence-electron chi connectivity index (χ3n) is 2.57. The molecule has 0 fully saturated rings. The molecule has 1 N–H and O–H groups in total. The second-order valence-corrected chi connectivity index (χ2v) is 6.56. The number of aromatic nitrogens is 2. The van der Waals surface area contributed by atoms with Crippen LogP contribution in [0, 0.1) is 0 Å². The summed E-state index contributed by atoms with van der Waals surface area (Å²) in [6, 6.07) is 0. The van der Waals surface area contributed by atoms with Gasteiger partial charge in [0.1, 0.15) is 10.7 Å². The van der Waals surface area contributed by atoms with Crippen molar-refractivity contribution >= 4 is 27.4 Å². The molecule has 0 saturated carbocycles. The zero-order valence-electron chi connectivity index (χ0n) is 10.2. The number of carboxylic acid groups (broad SMARTS) is 1. The second-order valence-electron chi connectivity index (χ2n) is 3.73. The molecular formula is C10H15ClN2O4S. The predicted molar refractivity (Wildman–Crippen MR) is 67.9 cm³/mol. The molecule has 0 spiro atoms. The fraction of sp³-hybridized carbons (Fsp3) is 0.600. The smallest absolute Gasteiger partial charge is 0.340 e. The SMILES string of the molecule is CCc1nn(CCS(=O)(=O)CC)c(Cl)c1C(=O)O. The Balaban J connectivity index is 3.02. The summed E-state index contributed by atoms with van der Waals surface area (Å²) in [5, 5.41) is 13.0. The first kappa shape index (κ1) is 15.0. The van der Waals surface area contributed by atoms with Gasteiger partial charge in [0.15, 0.2) is 9.84 Å². The molecule has 102 valence electrons. The standard InChI is InChI=1S/C10H15ClN2O4S/c1-3-7-8(10(14)15)9(11)13(12-7)5-6-18(16,17)4-2/h3-6H2,1-2H3,(H,14,15). The maximum atomic E-state index is 11.4. The van der Waals surface area contributed by atoms with Crippen LogP contribution in [0.4, 0.5) is 0 Å². The van der Waals surface area contributed by atoms with Crippen molar-refractivity contribution in [2.75, 3.05) is 11.5 Å². The van der Waals surface area contributed by atoms with Crippen molar-refractivity contribution in [3.63, 3.8) is 0 Å². The molecule has 1 rings (SSSR count). The molecule has 0 aliphatic carbocycles. The lowest BCUT2D eigenvalue weighted by molar-refractivity contribution is 0.0696. The fourth-order valence-corrected chi connectivity index (χ4v) is 2.52. The van der Waals surface area contributed by atoms with E-state index in [1.807, 2.05) is 0 Å². The number of rotatable bonds is 6. The summed E-state index contributed by atoms with van der Waals surface area (Å²) < 4.78 is 24.0. The van der Waals surface area contributed by atoms with E-state index in [0.29, 0.717) is 12.1 Å². The van der Waals surface area contributed by atoms with Crippen LogP contribution in [0.3, 0.4) is 0 Å². The number of nitrogens with zero attached hydrogens (tertiary/aromatic N) is 2. The molecule has 1 heterocycles. The summed E-state index contributed by atoms with van der Waals surface area (Å²) >= 11 is 5.90. The van der Waals surface area contributed by atoms with Gasteiger partial charge in [-0.15, -0.1) is 0 Å². The molecule has 1 aromatic heterocycles. The lowest BCUT2D eigenvalue weighted by Gasteiger charge is -2.03. The summed E-state index contributed by atoms with van der Waals surface area (Å²) in [5.41, 5.74) is 0.314. The molecule has 0 radical (unpaired) electrons. The van der Waals surface area contributed by atoms with Crippen LogP contribution in [0.1, 0.15) is 29.9 Å². The van der Waals surface area contributed by atoms with Crippen LogP contribution < -0.4 is 0 Å². The Bertz CT molecular complexity index is 550. The monoisotopic (exact) mass is 294 g/mol. The van der Waals surface area contributed by atoms with E-state index in [9.17, 15) is 13.2 Å². The highest BCUT2D eigenvalue weighted by Crippen LogP contribution is 2.20. The maximum Gasteiger partial charge on any atom is 0.340 e. The molecule has 0 amide bonds. The maximum absolute atomic E-state index is 11.4. The molecule has 8 heteroatoms. The molecule has 0 bridgehead atoms. The van der Waals surface area contributed by atoms with Gasteiger partial charge >= 0.3 is 5.97 Å². The van der Waals surface area contributed by atoms with Gasteiger partial charge in [-0.25, -0.2) is 13.2 Å². The van der Waals surface area contributed by atoms with Crippen LogP contribution in [-0.2, 0) is 22.8 Å². The summed E-state index contributed by atoms with van der Waals surface area (Å²) in [6.45, 7) is 3.38.